The summed E-state index contributed by atoms with van der Waals surface area (Å²) in [5, 5.41) is 3.42. The van der Waals surface area contributed by atoms with Crippen molar-refractivity contribution in [2.45, 2.75) is 25.0 Å². The van der Waals surface area contributed by atoms with Crippen molar-refractivity contribution < 1.29 is 9.47 Å². The van der Waals surface area contributed by atoms with Crippen molar-refractivity contribution in [2.75, 3.05) is 41.0 Å². The topological polar surface area (TPSA) is 46.1 Å². The Morgan fingerprint density at radius 2 is 2.17 bits per heavy atom. The lowest BCUT2D eigenvalue weighted by molar-refractivity contribution is -0.0857. The standard InChI is InChI=1S/C15H24ClN3O2S.HI/c1-17-14(19(2)10-12-4-5-13(16)22-12)18-11-15(20-3)6-8-21-9-7-15;/h4-5H,6-11H2,1-3H3,(H,17,18);1H. The Hall–Kier alpha value is -0.0900. The summed E-state index contributed by atoms with van der Waals surface area (Å²) in [5.41, 5.74) is -0.165. The molecule has 1 aromatic rings. The molecule has 0 radical (unpaired) electrons. The van der Waals surface area contributed by atoms with Crippen LogP contribution < -0.4 is 5.32 Å². The molecule has 132 valence electrons. The summed E-state index contributed by atoms with van der Waals surface area (Å²) in [5.74, 6) is 0.854. The summed E-state index contributed by atoms with van der Waals surface area (Å²) < 4.78 is 12.0. The summed E-state index contributed by atoms with van der Waals surface area (Å²) in [6.45, 7) is 3.00. The lowest BCUT2D eigenvalue weighted by atomic mass is 9.94. The highest BCUT2D eigenvalue weighted by atomic mass is 127. The second-order valence-corrected chi connectivity index (χ2v) is 7.26. The van der Waals surface area contributed by atoms with E-state index in [2.05, 4.69) is 15.2 Å². The Kier molecular flexibility index (Phi) is 9.13. The third-order valence-electron chi connectivity index (χ3n) is 4.00. The lowest BCUT2D eigenvalue weighted by Gasteiger charge is -2.37. The first kappa shape index (κ1) is 21.0. The molecule has 0 saturated carbocycles. The molecule has 1 aliphatic rings. The highest BCUT2D eigenvalue weighted by Crippen LogP contribution is 2.24. The molecule has 2 rings (SSSR count). The van der Waals surface area contributed by atoms with Crippen LogP contribution in [0.25, 0.3) is 0 Å². The third-order valence-corrected chi connectivity index (χ3v) is 5.22. The fourth-order valence-electron chi connectivity index (χ4n) is 2.57. The van der Waals surface area contributed by atoms with E-state index in [9.17, 15) is 0 Å². The van der Waals surface area contributed by atoms with E-state index in [0.29, 0.717) is 0 Å². The zero-order valence-corrected chi connectivity index (χ0v) is 17.7. The molecule has 5 nitrogen and oxygen atoms in total. The van der Waals surface area contributed by atoms with Crippen LogP contribution in [0.5, 0.6) is 0 Å². The average Bonchev–Trinajstić information content (AvgIpc) is 2.94. The molecule has 0 atom stereocenters. The quantitative estimate of drug-likeness (QED) is 0.405. The first-order chi connectivity index (χ1) is 10.6. The van der Waals surface area contributed by atoms with Gasteiger partial charge in [-0.1, -0.05) is 11.6 Å². The van der Waals surface area contributed by atoms with Crippen molar-refractivity contribution in [1.29, 1.82) is 0 Å². The number of hydrogen-bond acceptors (Lipinski definition) is 4. The van der Waals surface area contributed by atoms with Gasteiger partial charge in [0.15, 0.2) is 5.96 Å². The van der Waals surface area contributed by atoms with E-state index < -0.39 is 0 Å². The summed E-state index contributed by atoms with van der Waals surface area (Å²) in [6, 6.07) is 3.97. The van der Waals surface area contributed by atoms with Crippen LogP contribution in [0.15, 0.2) is 17.1 Å². The van der Waals surface area contributed by atoms with E-state index >= 15 is 0 Å². The van der Waals surface area contributed by atoms with Crippen LogP contribution in [0.2, 0.25) is 4.34 Å². The van der Waals surface area contributed by atoms with E-state index in [1.165, 1.54) is 4.88 Å². The van der Waals surface area contributed by atoms with Crippen molar-refractivity contribution in [1.82, 2.24) is 10.2 Å². The summed E-state index contributed by atoms with van der Waals surface area (Å²) in [7, 11) is 5.59. The van der Waals surface area contributed by atoms with Crippen molar-refractivity contribution in [3.63, 3.8) is 0 Å². The normalized spacial score (nSPS) is 17.5. The molecule has 0 spiro atoms. The van der Waals surface area contributed by atoms with Gasteiger partial charge in [-0.15, -0.1) is 35.3 Å². The highest BCUT2D eigenvalue weighted by molar-refractivity contribution is 14.0. The van der Waals surface area contributed by atoms with Crippen LogP contribution in [0.1, 0.15) is 17.7 Å². The van der Waals surface area contributed by atoms with Gasteiger partial charge in [-0.05, 0) is 12.1 Å². The fraction of sp³-hybridized carbons (Fsp3) is 0.667. The number of ether oxygens (including phenoxy) is 2. The van der Waals surface area contributed by atoms with Crippen LogP contribution in [-0.4, -0.2) is 57.4 Å². The molecule has 0 amide bonds. The van der Waals surface area contributed by atoms with Gasteiger partial charge < -0.3 is 19.7 Å². The Balaban J connectivity index is 0.00000264. The molecular formula is C15H25ClIN3O2S. The van der Waals surface area contributed by atoms with Gasteiger partial charge in [-0.2, -0.15) is 0 Å². The van der Waals surface area contributed by atoms with Crippen molar-refractivity contribution >= 4 is 52.9 Å². The molecule has 23 heavy (non-hydrogen) atoms. The largest absolute Gasteiger partial charge is 0.381 e. The minimum absolute atomic E-state index is 0. The second kappa shape index (κ2) is 10.0. The average molecular weight is 474 g/mol. The third kappa shape index (κ3) is 6.04. The predicted molar refractivity (Wildman–Crippen MR) is 107 cm³/mol. The molecule has 8 heteroatoms. The molecule has 0 unspecified atom stereocenters. The number of halogens is 2. The Morgan fingerprint density at radius 1 is 1.48 bits per heavy atom. The van der Waals surface area contributed by atoms with E-state index in [0.717, 1.165) is 49.4 Å². The molecule has 1 saturated heterocycles. The number of aliphatic imine (C=N–C) groups is 1. The van der Waals surface area contributed by atoms with Gasteiger partial charge in [0.05, 0.1) is 16.5 Å². The van der Waals surface area contributed by atoms with Gasteiger partial charge in [-0.3, -0.25) is 4.99 Å². The van der Waals surface area contributed by atoms with Crippen molar-refractivity contribution in [3.8, 4) is 0 Å². The molecule has 1 fully saturated rings. The van der Waals surface area contributed by atoms with E-state index in [-0.39, 0.29) is 29.6 Å². The Labute approximate surface area is 164 Å². The number of nitrogens with one attached hydrogen (secondary N) is 1. The monoisotopic (exact) mass is 473 g/mol. The van der Waals surface area contributed by atoms with Crippen molar-refractivity contribution in [2.24, 2.45) is 4.99 Å². The van der Waals surface area contributed by atoms with Gasteiger partial charge in [0.1, 0.15) is 0 Å². The summed E-state index contributed by atoms with van der Waals surface area (Å²) >= 11 is 7.58. The molecule has 0 aromatic carbocycles. The molecule has 0 bridgehead atoms. The molecule has 1 aliphatic heterocycles. The number of thiophene rings is 1. The van der Waals surface area contributed by atoms with E-state index in [4.69, 9.17) is 21.1 Å². The van der Waals surface area contributed by atoms with Crippen LogP contribution >= 0.6 is 46.9 Å². The number of hydrogen-bond donors (Lipinski definition) is 1. The SMILES string of the molecule is CN=C(NCC1(OC)CCOCC1)N(C)Cc1ccc(Cl)s1.I. The second-order valence-electron chi connectivity index (χ2n) is 5.46. The van der Waals surface area contributed by atoms with Crippen LogP contribution in [0, 0.1) is 0 Å². The molecule has 1 N–H and O–H groups in total. The van der Waals surface area contributed by atoms with E-state index in [1.807, 2.05) is 19.2 Å². The van der Waals surface area contributed by atoms with Gasteiger partial charge in [-0.25, -0.2) is 0 Å². The van der Waals surface area contributed by atoms with Gasteiger partial charge >= 0.3 is 0 Å². The number of rotatable bonds is 5. The van der Waals surface area contributed by atoms with Gasteiger partial charge in [0.2, 0.25) is 0 Å². The molecule has 0 aliphatic carbocycles. The molecular weight excluding hydrogens is 449 g/mol. The minimum atomic E-state index is -0.165. The maximum Gasteiger partial charge on any atom is 0.193 e. The summed E-state index contributed by atoms with van der Waals surface area (Å²) in [4.78, 5) is 7.66. The smallest absolute Gasteiger partial charge is 0.193 e. The van der Waals surface area contributed by atoms with Crippen LogP contribution in [0.4, 0.5) is 0 Å². The highest BCUT2D eigenvalue weighted by Gasteiger charge is 2.32. The first-order valence-corrected chi connectivity index (χ1v) is 8.57. The van der Waals surface area contributed by atoms with Crippen molar-refractivity contribution in [3.05, 3.63) is 21.3 Å². The predicted octanol–water partition coefficient (Wildman–Crippen LogP) is 3.22. The number of methoxy groups -OCH3 is 1. The number of nitrogens with zero attached hydrogens (tertiary/aromatic N) is 2. The Bertz CT molecular complexity index is 507. The Morgan fingerprint density at radius 3 is 2.70 bits per heavy atom. The molecule has 1 aromatic heterocycles. The number of guanidine groups is 1. The van der Waals surface area contributed by atoms with Gasteiger partial charge in [0.25, 0.3) is 0 Å². The fourth-order valence-corrected chi connectivity index (χ4v) is 3.71. The lowest BCUT2D eigenvalue weighted by Crippen LogP contribution is -2.50. The summed E-state index contributed by atoms with van der Waals surface area (Å²) in [6.07, 6.45) is 1.80. The molecule has 2 heterocycles. The van der Waals surface area contributed by atoms with Crippen LogP contribution in [0.3, 0.4) is 0 Å². The van der Waals surface area contributed by atoms with Gasteiger partial charge in [0, 0.05) is 58.7 Å². The van der Waals surface area contributed by atoms with E-state index in [1.54, 1.807) is 25.5 Å². The zero-order valence-electron chi connectivity index (χ0n) is 13.8. The minimum Gasteiger partial charge on any atom is -0.381 e. The zero-order chi connectivity index (χ0) is 16.0. The maximum absolute atomic E-state index is 5.98. The maximum atomic E-state index is 5.98. The van der Waals surface area contributed by atoms with Crippen LogP contribution in [-0.2, 0) is 16.0 Å². The first-order valence-electron chi connectivity index (χ1n) is 7.37.